The topological polar surface area (TPSA) is 52.6 Å². The highest BCUT2D eigenvalue weighted by atomic mass is 16.3. The van der Waals surface area contributed by atoms with Crippen LogP contribution in [0.25, 0.3) is 0 Å². The maximum atomic E-state index is 11.0. The Kier molecular flexibility index (Phi) is 3.89. The van der Waals surface area contributed by atoms with E-state index in [1.54, 1.807) is 12.1 Å². The molecule has 1 heterocycles. The lowest BCUT2D eigenvalue weighted by Gasteiger charge is -2.37. The van der Waals surface area contributed by atoms with Crippen LogP contribution in [0.3, 0.4) is 0 Å². The van der Waals surface area contributed by atoms with Crippen LogP contribution in [0.2, 0.25) is 0 Å². The molecule has 0 aromatic heterocycles. The van der Waals surface area contributed by atoms with Crippen molar-refractivity contribution in [2.24, 2.45) is 11.8 Å². The highest BCUT2D eigenvalue weighted by Gasteiger charge is 2.41. The fraction of sp³-hybridized carbons (Fsp3) is 0.588. The first-order valence-corrected chi connectivity index (χ1v) is 7.84. The molecule has 21 heavy (non-hydrogen) atoms. The average Bonchev–Trinajstić information content (AvgIpc) is 3.24. The van der Waals surface area contributed by atoms with E-state index >= 15 is 0 Å². The van der Waals surface area contributed by atoms with Gasteiger partial charge >= 0.3 is 0 Å². The predicted molar refractivity (Wildman–Crippen MR) is 84.0 cm³/mol. The lowest BCUT2D eigenvalue weighted by molar-refractivity contribution is 0.112. The predicted octanol–water partition coefficient (Wildman–Crippen LogP) is 2.42. The molecule has 4 atom stereocenters. The Bertz CT molecular complexity index is 532. The minimum atomic E-state index is 0.0529. The molecule has 1 saturated heterocycles. The maximum absolute atomic E-state index is 11.0. The van der Waals surface area contributed by atoms with Crippen LogP contribution >= 0.6 is 0 Å². The first-order chi connectivity index (χ1) is 10.1. The maximum Gasteiger partial charge on any atom is 0.153 e. The number of phenolic OH excluding ortho intramolecular Hbond substituents is 1. The van der Waals surface area contributed by atoms with Gasteiger partial charge in [-0.25, -0.2) is 0 Å². The van der Waals surface area contributed by atoms with Crippen LogP contribution in [0.15, 0.2) is 18.2 Å². The largest absolute Gasteiger partial charge is 0.507 e. The van der Waals surface area contributed by atoms with Gasteiger partial charge in [-0.3, -0.25) is 4.79 Å². The number of hydrogen-bond donors (Lipinski definition) is 2. The fourth-order valence-electron chi connectivity index (χ4n) is 3.59. The van der Waals surface area contributed by atoms with Gasteiger partial charge in [0, 0.05) is 24.8 Å². The second kappa shape index (κ2) is 5.68. The van der Waals surface area contributed by atoms with E-state index in [2.05, 4.69) is 24.2 Å². The summed E-state index contributed by atoms with van der Waals surface area (Å²) in [4.78, 5) is 13.2. The molecule has 1 aliphatic carbocycles. The molecule has 4 heteroatoms. The number of anilines is 1. The van der Waals surface area contributed by atoms with E-state index in [9.17, 15) is 9.90 Å². The van der Waals surface area contributed by atoms with Crippen molar-refractivity contribution in [2.75, 3.05) is 18.5 Å². The molecule has 2 aliphatic rings. The van der Waals surface area contributed by atoms with E-state index in [0.717, 1.165) is 36.9 Å². The van der Waals surface area contributed by atoms with Crippen molar-refractivity contribution < 1.29 is 9.90 Å². The molecule has 1 aliphatic heterocycles. The van der Waals surface area contributed by atoms with E-state index in [0.29, 0.717) is 23.9 Å². The first kappa shape index (κ1) is 14.4. The zero-order valence-corrected chi connectivity index (χ0v) is 12.7. The first-order valence-electron chi connectivity index (χ1n) is 7.84. The van der Waals surface area contributed by atoms with Crippen molar-refractivity contribution in [1.82, 2.24) is 5.32 Å². The number of phenols is 1. The second-order valence-corrected chi connectivity index (χ2v) is 6.59. The molecule has 3 rings (SSSR count). The molecular formula is C17H24N2O2. The Morgan fingerprint density at radius 2 is 2.14 bits per heavy atom. The molecule has 0 spiro atoms. The van der Waals surface area contributed by atoms with Crippen molar-refractivity contribution >= 4 is 12.0 Å². The Morgan fingerprint density at radius 3 is 2.81 bits per heavy atom. The number of aromatic hydroxyl groups is 1. The Balaban J connectivity index is 1.72. The minimum absolute atomic E-state index is 0.0529. The number of carbonyl (C=O) groups excluding carboxylic acids is 1. The van der Waals surface area contributed by atoms with Gasteiger partial charge in [0.05, 0.1) is 5.56 Å². The summed E-state index contributed by atoms with van der Waals surface area (Å²) in [7, 11) is 2.09. The summed E-state index contributed by atoms with van der Waals surface area (Å²) in [5, 5.41) is 13.3. The molecule has 0 bridgehead atoms. The number of nitrogens with zero attached hydrogens (tertiary/aromatic N) is 1. The van der Waals surface area contributed by atoms with Crippen molar-refractivity contribution in [3.63, 3.8) is 0 Å². The van der Waals surface area contributed by atoms with Gasteiger partial charge in [-0.2, -0.15) is 0 Å². The molecule has 114 valence electrons. The van der Waals surface area contributed by atoms with Gasteiger partial charge in [-0.1, -0.05) is 6.92 Å². The third kappa shape index (κ3) is 2.91. The second-order valence-electron chi connectivity index (χ2n) is 6.59. The summed E-state index contributed by atoms with van der Waals surface area (Å²) >= 11 is 0. The van der Waals surface area contributed by atoms with Crippen LogP contribution < -0.4 is 10.2 Å². The molecule has 2 fully saturated rings. The van der Waals surface area contributed by atoms with Crippen molar-refractivity contribution in [3.05, 3.63) is 23.8 Å². The molecule has 1 aromatic rings. The Labute approximate surface area is 126 Å². The molecule has 4 nitrogen and oxygen atoms in total. The summed E-state index contributed by atoms with van der Waals surface area (Å²) in [6.07, 6.45) is 4.33. The number of benzene rings is 1. The zero-order valence-electron chi connectivity index (χ0n) is 12.7. The van der Waals surface area contributed by atoms with Gasteiger partial charge in [0.2, 0.25) is 0 Å². The van der Waals surface area contributed by atoms with Crippen LogP contribution in [-0.4, -0.2) is 37.1 Å². The highest BCUT2D eigenvalue weighted by molar-refractivity contribution is 5.81. The number of piperidine rings is 1. The van der Waals surface area contributed by atoms with Gasteiger partial charge in [0.15, 0.2) is 6.29 Å². The summed E-state index contributed by atoms with van der Waals surface area (Å²) in [5.41, 5.74) is 1.37. The standard InChI is InChI=1S/C17H24N2O2/c1-11-7-15(11)16-9-14(5-6-18-16)19(2)13-3-4-17(21)12(8-13)10-20/h3-4,8,10-11,14-16,18,21H,5-7,9H2,1-2H3/t11?,14?,15-,16?/m0/s1. The Hall–Kier alpha value is -1.55. The molecule has 3 unspecified atom stereocenters. The molecule has 0 radical (unpaired) electrons. The normalized spacial score (nSPS) is 31.7. The Morgan fingerprint density at radius 1 is 1.38 bits per heavy atom. The number of carbonyl (C=O) groups is 1. The van der Waals surface area contributed by atoms with Crippen LogP contribution in [-0.2, 0) is 0 Å². The molecule has 1 aromatic carbocycles. The number of aldehydes is 1. The van der Waals surface area contributed by atoms with E-state index in [1.807, 2.05) is 6.07 Å². The van der Waals surface area contributed by atoms with Crippen molar-refractivity contribution in [3.8, 4) is 5.75 Å². The van der Waals surface area contributed by atoms with Gasteiger partial charge in [0.1, 0.15) is 5.75 Å². The fourth-order valence-corrected chi connectivity index (χ4v) is 3.59. The summed E-state index contributed by atoms with van der Waals surface area (Å²) in [6.45, 7) is 3.39. The lowest BCUT2D eigenvalue weighted by Crippen LogP contribution is -2.48. The highest BCUT2D eigenvalue weighted by Crippen LogP contribution is 2.43. The van der Waals surface area contributed by atoms with Crippen molar-refractivity contribution in [2.45, 2.75) is 38.3 Å². The molecule has 1 saturated carbocycles. The van der Waals surface area contributed by atoms with Gasteiger partial charge in [-0.15, -0.1) is 0 Å². The van der Waals surface area contributed by atoms with Gasteiger partial charge < -0.3 is 15.3 Å². The van der Waals surface area contributed by atoms with Crippen LogP contribution in [0.5, 0.6) is 5.75 Å². The SMILES string of the molecule is CC1C[C@@H]1C1CC(N(C)c2ccc(O)c(C=O)c2)CCN1. The lowest BCUT2D eigenvalue weighted by atomic mass is 9.94. The zero-order chi connectivity index (χ0) is 15.0. The van der Waals surface area contributed by atoms with E-state index in [1.165, 1.54) is 6.42 Å². The molecule has 2 N–H and O–H groups in total. The summed E-state index contributed by atoms with van der Waals surface area (Å²) in [6, 6.07) is 6.40. The van der Waals surface area contributed by atoms with Crippen LogP contribution in [0.4, 0.5) is 5.69 Å². The summed E-state index contributed by atoms with van der Waals surface area (Å²) < 4.78 is 0. The monoisotopic (exact) mass is 288 g/mol. The minimum Gasteiger partial charge on any atom is -0.507 e. The van der Waals surface area contributed by atoms with Gasteiger partial charge in [0.25, 0.3) is 0 Å². The average molecular weight is 288 g/mol. The number of rotatable bonds is 4. The smallest absolute Gasteiger partial charge is 0.153 e. The molecular weight excluding hydrogens is 264 g/mol. The van der Waals surface area contributed by atoms with E-state index in [4.69, 9.17) is 0 Å². The summed E-state index contributed by atoms with van der Waals surface area (Å²) in [5.74, 6) is 1.76. The molecule has 0 amide bonds. The third-order valence-electron chi connectivity index (χ3n) is 5.19. The number of hydrogen-bond acceptors (Lipinski definition) is 4. The van der Waals surface area contributed by atoms with Crippen LogP contribution in [0.1, 0.15) is 36.5 Å². The van der Waals surface area contributed by atoms with E-state index < -0.39 is 0 Å². The van der Waals surface area contributed by atoms with Crippen molar-refractivity contribution in [1.29, 1.82) is 0 Å². The third-order valence-corrected chi connectivity index (χ3v) is 5.19. The van der Waals surface area contributed by atoms with E-state index in [-0.39, 0.29) is 5.75 Å². The van der Waals surface area contributed by atoms with Crippen LogP contribution in [0, 0.1) is 11.8 Å². The van der Waals surface area contributed by atoms with Gasteiger partial charge in [-0.05, 0) is 55.8 Å². The quantitative estimate of drug-likeness (QED) is 0.836. The number of nitrogens with one attached hydrogen (secondary N) is 1.